The van der Waals surface area contributed by atoms with Crippen LogP contribution in [-0.4, -0.2) is 6.29 Å². The van der Waals surface area contributed by atoms with Crippen molar-refractivity contribution >= 4 is 6.29 Å². The number of aldehydes is 1. The molecule has 60 valence electrons. The molecule has 0 aromatic heterocycles. The van der Waals surface area contributed by atoms with E-state index >= 15 is 0 Å². The van der Waals surface area contributed by atoms with Crippen LogP contribution in [-0.2, 0) is 4.79 Å². The molecule has 0 radical (unpaired) electrons. The van der Waals surface area contributed by atoms with Gasteiger partial charge >= 0.3 is 0 Å². The minimum atomic E-state index is 0.116. The molecule has 11 heavy (non-hydrogen) atoms. The van der Waals surface area contributed by atoms with Crippen LogP contribution in [0.5, 0.6) is 0 Å². The predicted octanol–water partition coefficient (Wildman–Crippen LogP) is 2.34. The molecule has 0 heterocycles. The quantitative estimate of drug-likeness (QED) is 0.552. The van der Waals surface area contributed by atoms with E-state index in [4.69, 9.17) is 0 Å². The molecule has 0 aliphatic heterocycles. The molecule has 0 fully saturated rings. The Labute approximate surface area is 67.8 Å². The van der Waals surface area contributed by atoms with Crippen LogP contribution in [0.1, 0.15) is 20.3 Å². The van der Waals surface area contributed by atoms with Crippen LogP contribution in [0.25, 0.3) is 0 Å². The summed E-state index contributed by atoms with van der Waals surface area (Å²) in [5, 5.41) is 0. The average molecular weight is 150 g/mol. The van der Waals surface area contributed by atoms with Gasteiger partial charge in [0, 0.05) is 5.92 Å². The molecule has 0 saturated heterocycles. The zero-order valence-corrected chi connectivity index (χ0v) is 7.08. The zero-order valence-electron chi connectivity index (χ0n) is 7.08. The molecule has 1 nitrogen and oxygen atoms in total. The summed E-state index contributed by atoms with van der Waals surface area (Å²) in [4.78, 5) is 10.6. The largest absolute Gasteiger partial charge is 0.303 e. The lowest BCUT2D eigenvalue weighted by Gasteiger charge is -2.18. The third-order valence-electron chi connectivity index (χ3n) is 2.18. The van der Waals surface area contributed by atoms with Gasteiger partial charge in [0.1, 0.15) is 6.29 Å². The fourth-order valence-corrected chi connectivity index (χ4v) is 1.43. The fraction of sp³-hybridized carbons (Fsp3) is 0.500. The summed E-state index contributed by atoms with van der Waals surface area (Å²) in [5.74, 6) is 0.543. The number of hydrogen-bond donors (Lipinski definition) is 0. The molecule has 0 N–H and O–H groups in total. The van der Waals surface area contributed by atoms with Crippen molar-refractivity contribution in [3.63, 3.8) is 0 Å². The van der Waals surface area contributed by atoms with Gasteiger partial charge in [0.05, 0.1) is 0 Å². The molecule has 2 unspecified atom stereocenters. The van der Waals surface area contributed by atoms with Crippen molar-refractivity contribution in [1.29, 1.82) is 0 Å². The van der Waals surface area contributed by atoms with E-state index in [9.17, 15) is 4.79 Å². The molecule has 0 aromatic carbocycles. The van der Waals surface area contributed by atoms with Gasteiger partial charge < -0.3 is 4.79 Å². The third kappa shape index (κ3) is 1.79. The van der Waals surface area contributed by atoms with Crippen molar-refractivity contribution < 1.29 is 4.79 Å². The van der Waals surface area contributed by atoms with E-state index in [-0.39, 0.29) is 5.92 Å². The zero-order chi connectivity index (χ0) is 8.27. The second-order valence-corrected chi connectivity index (χ2v) is 3.06. The van der Waals surface area contributed by atoms with E-state index in [0.717, 1.165) is 12.7 Å². The summed E-state index contributed by atoms with van der Waals surface area (Å²) in [5.41, 5.74) is 1.20. The van der Waals surface area contributed by atoms with Crippen LogP contribution in [0.3, 0.4) is 0 Å². The minimum absolute atomic E-state index is 0.116. The van der Waals surface area contributed by atoms with Crippen molar-refractivity contribution in [2.45, 2.75) is 20.3 Å². The highest BCUT2D eigenvalue weighted by Gasteiger charge is 2.16. The SMILES string of the molecule is CCC1C=CC(C)=CC1C=O. The van der Waals surface area contributed by atoms with Crippen molar-refractivity contribution in [1.82, 2.24) is 0 Å². The summed E-state index contributed by atoms with van der Waals surface area (Å²) in [6.07, 6.45) is 8.36. The van der Waals surface area contributed by atoms with Gasteiger partial charge in [-0.2, -0.15) is 0 Å². The Morgan fingerprint density at radius 3 is 2.91 bits per heavy atom. The standard InChI is InChI=1S/C10H14O/c1-3-9-5-4-8(2)6-10(9)7-11/h4-7,9-10H,3H2,1-2H3. The van der Waals surface area contributed by atoms with Crippen LogP contribution in [0.4, 0.5) is 0 Å². The summed E-state index contributed by atoms with van der Waals surface area (Å²) < 4.78 is 0. The fourth-order valence-electron chi connectivity index (χ4n) is 1.43. The molecule has 0 aromatic rings. The van der Waals surface area contributed by atoms with Gasteiger partial charge in [0.25, 0.3) is 0 Å². The molecule has 0 spiro atoms. The lowest BCUT2D eigenvalue weighted by molar-refractivity contribution is -0.110. The Balaban J connectivity index is 2.74. The maximum Gasteiger partial charge on any atom is 0.127 e. The first kappa shape index (κ1) is 8.25. The van der Waals surface area contributed by atoms with Crippen molar-refractivity contribution in [3.8, 4) is 0 Å². The van der Waals surface area contributed by atoms with Gasteiger partial charge in [-0.25, -0.2) is 0 Å². The van der Waals surface area contributed by atoms with Gasteiger partial charge in [-0.15, -0.1) is 0 Å². The van der Waals surface area contributed by atoms with E-state index in [2.05, 4.69) is 19.1 Å². The topological polar surface area (TPSA) is 17.1 Å². The number of allylic oxidation sites excluding steroid dienone is 4. The molecule has 1 heteroatoms. The molecular formula is C10H14O. The first-order valence-electron chi connectivity index (χ1n) is 4.10. The van der Waals surface area contributed by atoms with Crippen molar-refractivity contribution in [3.05, 3.63) is 23.8 Å². The Morgan fingerprint density at radius 1 is 1.64 bits per heavy atom. The highest BCUT2D eigenvalue weighted by molar-refractivity contribution is 5.59. The second kappa shape index (κ2) is 3.51. The first-order valence-corrected chi connectivity index (χ1v) is 4.10. The Morgan fingerprint density at radius 2 is 2.36 bits per heavy atom. The average Bonchev–Trinajstić information content (AvgIpc) is 2.04. The lowest BCUT2D eigenvalue weighted by Crippen LogP contribution is -2.13. The summed E-state index contributed by atoms with van der Waals surface area (Å²) in [6.45, 7) is 4.14. The lowest BCUT2D eigenvalue weighted by atomic mass is 9.85. The number of rotatable bonds is 2. The predicted molar refractivity (Wildman–Crippen MR) is 46.2 cm³/mol. The van der Waals surface area contributed by atoms with E-state index in [1.807, 2.05) is 13.0 Å². The molecule has 1 aliphatic rings. The maximum absolute atomic E-state index is 10.6. The van der Waals surface area contributed by atoms with E-state index in [1.165, 1.54) is 5.57 Å². The molecule has 0 bridgehead atoms. The van der Waals surface area contributed by atoms with Crippen LogP contribution in [0, 0.1) is 11.8 Å². The summed E-state index contributed by atoms with van der Waals surface area (Å²) >= 11 is 0. The van der Waals surface area contributed by atoms with E-state index in [1.54, 1.807) is 0 Å². The molecule has 2 atom stereocenters. The highest BCUT2D eigenvalue weighted by atomic mass is 16.1. The van der Waals surface area contributed by atoms with E-state index < -0.39 is 0 Å². The highest BCUT2D eigenvalue weighted by Crippen LogP contribution is 2.23. The van der Waals surface area contributed by atoms with Crippen LogP contribution in [0.2, 0.25) is 0 Å². The Bertz CT molecular complexity index is 201. The van der Waals surface area contributed by atoms with E-state index in [0.29, 0.717) is 5.92 Å². The van der Waals surface area contributed by atoms with Crippen LogP contribution < -0.4 is 0 Å². The molecule has 1 aliphatic carbocycles. The first-order chi connectivity index (χ1) is 5.27. The number of carbonyl (C=O) groups is 1. The smallest absolute Gasteiger partial charge is 0.127 e. The molecule has 0 amide bonds. The van der Waals surface area contributed by atoms with Crippen LogP contribution in [0.15, 0.2) is 23.8 Å². The monoisotopic (exact) mass is 150 g/mol. The number of carbonyl (C=O) groups excluding carboxylic acids is 1. The molecule has 0 saturated carbocycles. The Kier molecular flexibility index (Phi) is 2.64. The van der Waals surface area contributed by atoms with Crippen molar-refractivity contribution in [2.24, 2.45) is 11.8 Å². The van der Waals surface area contributed by atoms with Gasteiger partial charge in [-0.3, -0.25) is 0 Å². The van der Waals surface area contributed by atoms with Gasteiger partial charge in [0.15, 0.2) is 0 Å². The Hall–Kier alpha value is -0.850. The summed E-state index contributed by atoms with van der Waals surface area (Å²) in [6, 6.07) is 0. The number of hydrogen-bond acceptors (Lipinski definition) is 1. The van der Waals surface area contributed by atoms with Gasteiger partial charge in [0.2, 0.25) is 0 Å². The van der Waals surface area contributed by atoms with Gasteiger partial charge in [-0.05, 0) is 19.3 Å². The normalized spacial score (nSPS) is 29.8. The van der Waals surface area contributed by atoms with Crippen LogP contribution >= 0.6 is 0 Å². The minimum Gasteiger partial charge on any atom is -0.303 e. The maximum atomic E-state index is 10.6. The third-order valence-corrected chi connectivity index (χ3v) is 2.18. The molecular weight excluding hydrogens is 136 g/mol. The molecule has 1 rings (SSSR count). The second-order valence-electron chi connectivity index (χ2n) is 3.06. The van der Waals surface area contributed by atoms with Gasteiger partial charge in [-0.1, -0.05) is 30.7 Å². The van der Waals surface area contributed by atoms with Crippen molar-refractivity contribution in [2.75, 3.05) is 0 Å². The summed E-state index contributed by atoms with van der Waals surface area (Å²) in [7, 11) is 0.